The first-order valence-electron chi connectivity index (χ1n) is 17.8. The molecule has 244 valence electrons. The van der Waals surface area contributed by atoms with Crippen LogP contribution in [0.4, 0.5) is 17.1 Å². The molecule has 0 radical (unpaired) electrons. The zero-order chi connectivity index (χ0) is 34.4. The van der Waals surface area contributed by atoms with Crippen LogP contribution in [-0.4, -0.2) is 0 Å². The van der Waals surface area contributed by atoms with Crippen molar-refractivity contribution in [2.75, 3.05) is 4.90 Å². The van der Waals surface area contributed by atoms with Crippen LogP contribution in [0.5, 0.6) is 0 Å². The largest absolute Gasteiger partial charge is 0.456 e. The van der Waals surface area contributed by atoms with Crippen molar-refractivity contribution in [1.82, 2.24) is 0 Å². The van der Waals surface area contributed by atoms with Gasteiger partial charge in [-0.05, 0) is 97.4 Å². The SMILES string of the molecule is c1ccc(-c2ccc(N(c3ccc(-c4c(-c5ccccc5)c5ccccc5c5ccccc45)cc3)c3ccc4c(c3)oc3ccccc34)cc2)cc1. The van der Waals surface area contributed by atoms with Gasteiger partial charge >= 0.3 is 0 Å². The van der Waals surface area contributed by atoms with E-state index in [9.17, 15) is 0 Å². The monoisotopic (exact) mass is 663 g/mol. The lowest BCUT2D eigenvalue weighted by Crippen LogP contribution is -2.09. The number of nitrogens with zero attached hydrogens (tertiary/aromatic N) is 1. The molecule has 0 N–H and O–H groups in total. The first-order valence-corrected chi connectivity index (χ1v) is 17.8. The van der Waals surface area contributed by atoms with Gasteiger partial charge in [0.25, 0.3) is 0 Å². The molecule has 52 heavy (non-hydrogen) atoms. The van der Waals surface area contributed by atoms with Crippen molar-refractivity contribution in [1.29, 1.82) is 0 Å². The maximum Gasteiger partial charge on any atom is 0.137 e. The van der Waals surface area contributed by atoms with Crippen molar-refractivity contribution < 1.29 is 4.42 Å². The van der Waals surface area contributed by atoms with Gasteiger partial charge in [0, 0.05) is 33.9 Å². The number of para-hydroxylation sites is 1. The van der Waals surface area contributed by atoms with Crippen molar-refractivity contribution in [3.8, 4) is 33.4 Å². The lowest BCUT2D eigenvalue weighted by atomic mass is 9.85. The van der Waals surface area contributed by atoms with Gasteiger partial charge in [0.1, 0.15) is 11.2 Å². The van der Waals surface area contributed by atoms with Gasteiger partial charge in [-0.1, -0.05) is 152 Å². The average molecular weight is 664 g/mol. The minimum atomic E-state index is 0.872. The van der Waals surface area contributed by atoms with Crippen LogP contribution in [0.3, 0.4) is 0 Å². The molecule has 0 aliphatic carbocycles. The highest BCUT2D eigenvalue weighted by Crippen LogP contribution is 2.46. The second kappa shape index (κ2) is 12.5. The van der Waals surface area contributed by atoms with Gasteiger partial charge in [0.05, 0.1) is 0 Å². The predicted molar refractivity (Wildman–Crippen MR) is 220 cm³/mol. The molecule has 10 rings (SSSR count). The molecule has 1 heterocycles. The van der Waals surface area contributed by atoms with Gasteiger partial charge in [0.15, 0.2) is 0 Å². The van der Waals surface area contributed by atoms with E-state index in [0.29, 0.717) is 0 Å². The molecule has 0 saturated heterocycles. The van der Waals surface area contributed by atoms with E-state index in [4.69, 9.17) is 4.42 Å². The van der Waals surface area contributed by atoms with Crippen LogP contribution in [-0.2, 0) is 0 Å². The second-order valence-corrected chi connectivity index (χ2v) is 13.3. The van der Waals surface area contributed by atoms with Crippen LogP contribution in [0, 0.1) is 0 Å². The number of furan rings is 1. The average Bonchev–Trinajstić information content (AvgIpc) is 3.60. The molecule has 1 aromatic heterocycles. The van der Waals surface area contributed by atoms with Crippen molar-refractivity contribution in [2.45, 2.75) is 0 Å². The molecular weight excluding hydrogens is 631 g/mol. The molecule has 0 aliphatic rings. The summed E-state index contributed by atoms with van der Waals surface area (Å²) in [5, 5.41) is 7.27. The quantitative estimate of drug-likeness (QED) is 0.165. The Kier molecular flexibility index (Phi) is 7.18. The Hall–Kier alpha value is -6.90. The fourth-order valence-electron chi connectivity index (χ4n) is 7.86. The molecule has 0 saturated carbocycles. The zero-order valence-electron chi connectivity index (χ0n) is 28.4. The minimum absolute atomic E-state index is 0.872. The van der Waals surface area contributed by atoms with Crippen LogP contribution in [0.2, 0.25) is 0 Å². The first-order chi connectivity index (χ1) is 25.8. The lowest BCUT2D eigenvalue weighted by Gasteiger charge is -2.26. The Morgan fingerprint density at radius 2 is 0.673 bits per heavy atom. The molecule has 2 nitrogen and oxygen atoms in total. The maximum atomic E-state index is 6.37. The van der Waals surface area contributed by atoms with Crippen LogP contribution in [0.1, 0.15) is 0 Å². The van der Waals surface area contributed by atoms with Crippen molar-refractivity contribution >= 4 is 60.5 Å². The number of hydrogen-bond donors (Lipinski definition) is 0. The summed E-state index contributed by atoms with van der Waals surface area (Å²) in [4.78, 5) is 2.32. The summed E-state index contributed by atoms with van der Waals surface area (Å²) in [7, 11) is 0. The molecule has 2 heteroatoms. The summed E-state index contributed by atoms with van der Waals surface area (Å²) >= 11 is 0. The highest BCUT2D eigenvalue weighted by atomic mass is 16.3. The highest BCUT2D eigenvalue weighted by Gasteiger charge is 2.19. The van der Waals surface area contributed by atoms with E-state index in [1.54, 1.807) is 0 Å². The number of anilines is 3. The van der Waals surface area contributed by atoms with E-state index in [-0.39, 0.29) is 0 Å². The van der Waals surface area contributed by atoms with Gasteiger partial charge in [-0.25, -0.2) is 0 Å². The third-order valence-corrected chi connectivity index (χ3v) is 10.3. The Morgan fingerprint density at radius 3 is 1.27 bits per heavy atom. The molecule has 0 spiro atoms. The Morgan fingerprint density at radius 1 is 0.269 bits per heavy atom. The molecule has 10 aromatic rings. The fraction of sp³-hybridized carbons (Fsp3) is 0. The molecule has 0 fully saturated rings. The van der Waals surface area contributed by atoms with Gasteiger partial charge in [0.2, 0.25) is 0 Å². The van der Waals surface area contributed by atoms with Crippen LogP contribution in [0.15, 0.2) is 205 Å². The van der Waals surface area contributed by atoms with Gasteiger partial charge in [-0.3, -0.25) is 0 Å². The van der Waals surface area contributed by atoms with Crippen molar-refractivity contribution in [3.05, 3.63) is 200 Å². The summed E-state index contributed by atoms with van der Waals surface area (Å²) in [6.07, 6.45) is 0. The first kappa shape index (κ1) is 30.0. The standard InChI is InChI=1S/C50H33NO/c1-3-13-34(14-4-1)35-23-27-38(28-24-35)51(40-31-32-44-43-19-11-12-22-47(43)52-48(44)33-40)39-29-25-37(26-30-39)50-46-21-10-8-18-42(46)41-17-7-9-20-45(41)49(50)36-15-5-2-6-16-36/h1-33H. The van der Waals surface area contributed by atoms with E-state index >= 15 is 0 Å². The maximum absolute atomic E-state index is 6.37. The van der Waals surface area contributed by atoms with Gasteiger partial charge in [-0.2, -0.15) is 0 Å². The molecular formula is C50H33NO. The van der Waals surface area contributed by atoms with Crippen LogP contribution >= 0.6 is 0 Å². The van der Waals surface area contributed by atoms with E-state index < -0.39 is 0 Å². The minimum Gasteiger partial charge on any atom is -0.456 e. The van der Waals surface area contributed by atoms with E-state index in [2.05, 4.69) is 193 Å². The Labute approximate surface area is 302 Å². The summed E-state index contributed by atoms with van der Waals surface area (Å²) < 4.78 is 6.37. The van der Waals surface area contributed by atoms with Gasteiger partial charge in [-0.15, -0.1) is 0 Å². The number of hydrogen-bond acceptors (Lipinski definition) is 2. The summed E-state index contributed by atoms with van der Waals surface area (Å²) in [6, 6.07) is 71.6. The lowest BCUT2D eigenvalue weighted by molar-refractivity contribution is 0.669. The Bertz CT molecular complexity index is 2870. The molecule has 0 unspecified atom stereocenters. The van der Waals surface area contributed by atoms with Crippen LogP contribution in [0.25, 0.3) is 76.9 Å². The van der Waals surface area contributed by atoms with E-state index in [1.807, 2.05) is 12.1 Å². The molecule has 9 aromatic carbocycles. The van der Waals surface area contributed by atoms with E-state index in [0.717, 1.165) is 39.0 Å². The normalized spacial score (nSPS) is 11.5. The fourth-order valence-corrected chi connectivity index (χ4v) is 7.86. The van der Waals surface area contributed by atoms with Crippen LogP contribution < -0.4 is 4.90 Å². The summed E-state index contributed by atoms with van der Waals surface area (Å²) in [5.41, 5.74) is 12.2. The molecule has 0 bridgehead atoms. The van der Waals surface area contributed by atoms with Gasteiger partial charge < -0.3 is 9.32 Å². The highest BCUT2D eigenvalue weighted by molar-refractivity contribution is 6.21. The predicted octanol–water partition coefficient (Wildman–Crippen LogP) is 14.4. The molecule has 0 amide bonds. The molecule has 0 atom stereocenters. The number of benzene rings is 9. The van der Waals surface area contributed by atoms with Crippen molar-refractivity contribution in [3.63, 3.8) is 0 Å². The zero-order valence-corrected chi connectivity index (χ0v) is 28.4. The summed E-state index contributed by atoms with van der Waals surface area (Å²) in [5.74, 6) is 0. The number of fused-ring (bicyclic) bond motifs is 6. The van der Waals surface area contributed by atoms with E-state index in [1.165, 1.54) is 54.9 Å². The Balaban J connectivity index is 1.15. The summed E-state index contributed by atoms with van der Waals surface area (Å²) in [6.45, 7) is 0. The number of rotatable bonds is 6. The second-order valence-electron chi connectivity index (χ2n) is 13.3. The molecule has 0 aliphatic heterocycles. The third kappa shape index (κ3) is 5.04. The topological polar surface area (TPSA) is 16.4 Å². The van der Waals surface area contributed by atoms with Crippen molar-refractivity contribution in [2.24, 2.45) is 0 Å². The smallest absolute Gasteiger partial charge is 0.137 e. The third-order valence-electron chi connectivity index (χ3n) is 10.3.